The predicted octanol–water partition coefficient (Wildman–Crippen LogP) is -2.41. The predicted molar refractivity (Wildman–Crippen MR) is 70.0 cm³/mol. The molecule has 1 aromatic heterocycles. The highest BCUT2D eigenvalue weighted by Gasteiger charge is 2.21. The molecule has 0 atom stereocenters. The maximum Gasteiger partial charge on any atom is 0.314 e. The van der Waals surface area contributed by atoms with E-state index in [0.29, 0.717) is 4.31 Å². The molecule has 1 aromatic carbocycles. The summed E-state index contributed by atoms with van der Waals surface area (Å²) in [5.41, 5.74) is -1.41. The van der Waals surface area contributed by atoms with Crippen molar-refractivity contribution in [2.45, 2.75) is 4.90 Å². The Morgan fingerprint density at radius 3 is 2.33 bits per heavy atom. The normalized spacial score (nSPS) is 11.9. The number of sulfonamides is 1. The van der Waals surface area contributed by atoms with Crippen LogP contribution < -0.4 is 16.2 Å². The highest BCUT2D eigenvalue weighted by Crippen LogP contribution is 2.17. The molecule has 0 aliphatic carbocycles. The Kier molecular flexibility index (Phi) is 3.66. The Balaban J connectivity index is 2.57. The molecule has 2 rings (SSSR count). The van der Waals surface area contributed by atoms with Crippen molar-refractivity contribution in [1.29, 1.82) is 0 Å². The van der Waals surface area contributed by atoms with Crippen molar-refractivity contribution in [2.24, 2.45) is 0 Å². The van der Waals surface area contributed by atoms with Gasteiger partial charge in [0.25, 0.3) is 0 Å². The number of carboxylic acid groups (broad SMARTS) is 1. The van der Waals surface area contributed by atoms with Gasteiger partial charge >= 0.3 is 11.1 Å². The quantitative estimate of drug-likeness (QED) is 0.602. The van der Waals surface area contributed by atoms with Gasteiger partial charge in [-0.1, -0.05) is 0 Å². The van der Waals surface area contributed by atoms with E-state index < -0.39 is 33.7 Å². The van der Waals surface area contributed by atoms with Crippen LogP contribution in [0.5, 0.6) is 0 Å². The van der Waals surface area contributed by atoms with E-state index in [-0.39, 0.29) is 15.9 Å². The Labute approximate surface area is 117 Å². The zero-order valence-electron chi connectivity index (χ0n) is 10.7. The number of H-pyrrole nitrogens is 2. The molecule has 0 radical (unpaired) electrons. The molecule has 0 amide bonds. The van der Waals surface area contributed by atoms with Crippen LogP contribution in [0.3, 0.4) is 0 Å². The van der Waals surface area contributed by atoms with Gasteiger partial charge in [-0.3, -0.25) is 9.59 Å². The number of hydrogen-bond donors (Lipinski definition) is 2. The number of nitrogens with one attached hydrogen (secondary N) is 2. The number of aromatic nitrogens is 2. The topological polar surface area (TPSA) is 143 Å². The van der Waals surface area contributed by atoms with Gasteiger partial charge in [0.2, 0.25) is 10.0 Å². The molecule has 0 aliphatic heterocycles. The number of carbonyl (C=O) groups is 1. The number of aliphatic carboxylic acids is 1. The largest absolute Gasteiger partial charge is 0.549 e. The summed E-state index contributed by atoms with van der Waals surface area (Å²) in [6.07, 6.45) is 0. The molecule has 0 saturated carbocycles. The van der Waals surface area contributed by atoms with E-state index in [1.54, 1.807) is 0 Å². The van der Waals surface area contributed by atoms with Crippen LogP contribution in [0.15, 0.2) is 32.7 Å². The van der Waals surface area contributed by atoms with Gasteiger partial charge in [-0.15, -0.1) is 0 Å². The Morgan fingerprint density at radius 1 is 1.19 bits per heavy atom. The van der Waals surface area contributed by atoms with Crippen molar-refractivity contribution in [3.63, 3.8) is 0 Å². The van der Waals surface area contributed by atoms with Crippen molar-refractivity contribution in [3.05, 3.63) is 38.9 Å². The summed E-state index contributed by atoms with van der Waals surface area (Å²) < 4.78 is 24.9. The lowest BCUT2D eigenvalue weighted by molar-refractivity contribution is -0.305. The smallest absolute Gasteiger partial charge is 0.314 e. The molecule has 2 aromatic rings. The minimum absolute atomic E-state index is 0.113. The molecule has 0 spiro atoms. The van der Waals surface area contributed by atoms with Crippen LogP contribution >= 0.6 is 0 Å². The Morgan fingerprint density at radius 2 is 1.76 bits per heavy atom. The second-order valence-corrected chi connectivity index (χ2v) is 6.29. The van der Waals surface area contributed by atoms with Crippen molar-refractivity contribution in [3.8, 4) is 0 Å². The highest BCUT2D eigenvalue weighted by atomic mass is 32.2. The Hall–Kier alpha value is -2.46. The summed E-state index contributed by atoms with van der Waals surface area (Å²) in [6.45, 7) is -0.803. The van der Waals surface area contributed by atoms with Crippen LogP contribution in [-0.4, -0.2) is 42.3 Å². The van der Waals surface area contributed by atoms with Crippen LogP contribution in [0.1, 0.15) is 0 Å². The molecule has 0 saturated heterocycles. The van der Waals surface area contributed by atoms with Crippen LogP contribution in [0.4, 0.5) is 0 Å². The molecular formula is C11H10N3O6S-. The highest BCUT2D eigenvalue weighted by molar-refractivity contribution is 7.89. The van der Waals surface area contributed by atoms with E-state index in [0.717, 1.165) is 13.1 Å². The number of fused-ring (bicyclic) bond motifs is 1. The van der Waals surface area contributed by atoms with E-state index >= 15 is 0 Å². The number of benzene rings is 1. The van der Waals surface area contributed by atoms with E-state index in [4.69, 9.17) is 0 Å². The van der Waals surface area contributed by atoms with E-state index in [1.165, 1.54) is 12.1 Å². The third kappa shape index (κ3) is 2.85. The number of rotatable bonds is 4. The lowest BCUT2D eigenvalue weighted by Crippen LogP contribution is -2.39. The maximum atomic E-state index is 12.1. The minimum atomic E-state index is -4.05. The summed E-state index contributed by atoms with van der Waals surface area (Å²) in [7, 11) is -2.96. The van der Waals surface area contributed by atoms with Crippen molar-refractivity contribution >= 4 is 27.0 Å². The van der Waals surface area contributed by atoms with Gasteiger partial charge < -0.3 is 19.9 Å². The third-order valence-electron chi connectivity index (χ3n) is 2.75. The fraction of sp³-hybridized carbons (Fsp3) is 0.182. The van der Waals surface area contributed by atoms with E-state index in [9.17, 15) is 27.9 Å². The van der Waals surface area contributed by atoms with E-state index in [1.807, 2.05) is 0 Å². The lowest BCUT2D eigenvalue weighted by Gasteiger charge is -2.17. The van der Waals surface area contributed by atoms with Gasteiger partial charge in [0, 0.05) is 7.05 Å². The molecule has 9 nitrogen and oxygen atoms in total. The van der Waals surface area contributed by atoms with Crippen molar-refractivity contribution < 1.29 is 18.3 Å². The second-order valence-electron chi connectivity index (χ2n) is 4.25. The van der Waals surface area contributed by atoms with E-state index in [2.05, 4.69) is 9.97 Å². The molecule has 0 bridgehead atoms. The standard InChI is InChI=1S/C11H11N3O6S/c1-14(5-9(15)16)21(19,20)6-2-3-7-8(4-6)13-11(18)10(17)12-7/h2-4H,5H2,1H3,(H,12,17)(H,13,18)(H,15,16)/p-1. The van der Waals surface area contributed by atoms with Crippen molar-refractivity contribution in [2.75, 3.05) is 13.6 Å². The first-order valence-corrected chi connectivity index (χ1v) is 7.08. The average Bonchev–Trinajstić information content (AvgIpc) is 2.38. The summed E-state index contributed by atoms with van der Waals surface area (Å²) >= 11 is 0. The van der Waals surface area contributed by atoms with Crippen molar-refractivity contribution in [1.82, 2.24) is 14.3 Å². The molecule has 10 heteroatoms. The van der Waals surface area contributed by atoms with Gasteiger partial charge in [-0.2, -0.15) is 4.31 Å². The first kappa shape index (κ1) is 14.9. The molecule has 2 N–H and O–H groups in total. The number of carboxylic acids is 1. The molecule has 0 unspecified atom stereocenters. The van der Waals surface area contributed by atoms with Gasteiger partial charge in [0.15, 0.2) is 0 Å². The minimum Gasteiger partial charge on any atom is -0.549 e. The first-order valence-electron chi connectivity index (χ1n) is 5.64. The number of hydrogen-bond acceptors (Lipinski definition) is 6. The van der Waals surface area contributed by atoms with Gasteiger partial charge in [0.05, 0.1) is 28.4 Å². The zero-order valence-corrected chi connectivity index (χ0v) is 11.6. The number of carbonyl (C=O) groups excluding carboxylic acids is 1. The lowest BCUT2D eigenvalue weighted by atomic mass is 10.3. The van der Waals surface area contributed by atoms with Crippen LogP contribution in [0.2, 0.25) is 0 Å². The van der Waals surface area contributed by atoms with Crippen LogP contribution in [0, 0.1) is 0 Å². The molecular weight excluding hydrogens is 302 g/mol. The summed E-state index contributed by atoms with van der Waals surface area (Å²) in [6, 6.07) is 3.62. The molecule has 21 heavy (non-hydrogen) atoms. The number of nitrogens with zero attached hydrogens (tertiary/aromatic N) is 1. The summed E-state index contributed by atoms with van der Waals surface area (Å²) in [4.78, 5) is 37.2. The number of likely N-dealkylation sites (N-methyl/N-ethyl adjacent to an activating group) is 1. The van der Waals surface area contributed by atoms with Crippen LogP contribution in [0.25, 0.3) is 11.0 Å². The second kappa shape index (κ2) is 5.14. The van der Waals surface area contributed by atoms with Gasteiger partial charge in [-0.25, -0.2) is 8.42 Å². The first-order chi connectivity index (χ1) is 9.71. The van der Waals surface area contributed by atoms with Crippen LogP contribution in [-0.2, 0) is 14.8 Å². The zero-order chi connectivity index (χ0) is 15.8. The summed E-state index contributed by atoms with van der Waals surface area (Å²) in [5, 5.41) is 10.5. The van der Waals surface area contributed by atoms with Gasteiger partial charge in [-0.05, 0) is 18.2 Å². The van der Waals surface area contributed by atoms with Gasteiger partial charge in [0.1, 0.15) is 0 Å². The fourth-order valence-electron chi connectivity index (χ4n) is 1.70. The fourth-order valence-corrected chi connectivity index (χ4v) is 2.84. The molecule has 0 aliphatic rings. The Bertz CT molecular complexity index is 927. The summed E-state index contributed by atoms with van der Waals surface area (Å²) in [5.74, 6) is -1.54. The third-order valence-corrected chi connectivity index (χ3v) is 4.55. The molecule has 112 valence electrons. The maximum absolute atomic E-state index is 12.1. The number of aromatic amines is 2. The SMILES string of the molecule is CN(CC(=O)[O-])S(=O)(=O)c1ccc2[nH]c(=O)c(=O)[nH]c2c1. The monoisotopic (exact) mass is 312 g/mol. The molecule has 1 heterocycles. The average molecular weight is 312 g/mol. The molecule has 0 fully saturated rings.